The molecule has 74 valence electrons. The molecule has 1 heterocycles. The van der Waals surface area contributed by atoms with Gasteiger partial charge >= 0.3 is 0 Å². The Hall–Kier alpha value is -1.42. The molecule has 0 saturated carbocycles. The number of benzene rings is 1. The zero-order chi connectivity index (χ0) is 10.1. The summed E-state index contributed by atoms with van der Waals surface area (Å²) in [6.45, 7) is 0. The average Bonchev–Trinajstić information content (AvgIpc) is 2.54. The van der Waals surface area contributed by atoms with Crippen molar-refractivity contribution in [1.82, 2.24) is 0 Å². The van der Waals surface area contributed by atoms with Crippen molar-refractivity contribution in [2.75, 3.05) is 14.2 Å². The summed E-state index contributed by atoms with van der Waals surface area (Å²) in [5, 5.41) is 11.0. The number of hydrogen-bond donors (Lipinski definition) is 1. The normalized spacial score (nSPS) is 10.4. The van der Waals surface area contributed by atoms with Gasteiger partial charge in [-0.3, -0.25) is 0 Å². The van der Waals surface area contributed by atoms with Crippen LogP contribution in [0.1, 0.15) is 0 Å². The van der Waals surface area contributed by atoms with Gasteiger partial charge in [-0.05, 0) is 18.2 Å². The SMILES string of the molecule is COc1sc2cc(O)ccc2c1OC. The van der Waals surface area contributed by atoms with E-state index in [1.165, 1.54) is 11.3 Å². The summed E-state index contributed by atoms with van der Waals surface area (Å²) in [7, 11) is 3.21. The van der Waals surface area contributed by atoms with Gasteiger partial charge in [0.1, 0.15) is 5.75 Å². The predicted octanol–water partition coefficient (Wildman–Crippen LogP) is 2.62. The van der Waals surface area contributed by atoms with E-state index in [2.05, 4.69) is 0 Å². The Morgan fingerprint density at radius 1 is 1.21 bits per heavy atom. The van der Waals surface area contributed by atoms with Gasteiger partial charge in [0.2, 0.25) is 5.06 Å². The lowest BCUT2D eigenvalue weighted by atomic mass is 10.2. The second kappa shape index (κ2) is 3.38. The molecule has 0 aliphatic carbocycles. The third-order valence-electron chi connectivity index (χ3n) is 1.99. The largest absolute Gasteiger partial charge is 0.508 e. The van der Waals surface area contributed by atoms with Crippen molar-refractivity contribution in [3.8, 4) is 16.6 Å². The number of phenolic OH excluding ortho intramolecular Hbond substituents is 1. The van der Waals surface area contributed by atoms with Crippen LogP contribution in [0.3, 0.4) is 0 Å². The maximum atomic E-state index is 9.30. The minimum Gasteiger partial charge on any atom is -0.508 e. The molecule has 0 saturated heterocycles. The van der Waals surface area contributed by atoms with E-state index in [9.17, 15) is 5.11 Å². The fourth-order valence-electron chi connectivity index (χ4n) is 1.37. The number of ether oxygens (including phenoxy) is 2. The molecule has 2 aromatic rings. The highest BCUT2D eigenvalue weighted by atomic mass is 32.1. The molecule has 2 rings (SSSR count). The van der Waals surface area contributed by atoms with Gasteiger partial charge in [-0.1, -0.05) is 11.3 Å². The summed E-state index contributed by atoms with van der Waals surface area (Å²) in [6.07, 6.45) is 0. The highest BCUT2D eigenvalue weighted by Crippen LogP contribution is 2.44. The fourth-order valence-corrected chi connectivity index (χ4v) is 2.39. The average molecular weight is 210 g/mol. The summed E-state index contributed by atoms with van der Waals surface area (Å²) in [5.74, 6) is 0.983. The second-order valence-electron chi connectivity index (χ2n) is 2.81. The van der Waals surface area contributed by atoms with Crippen LogP contribution < -0.4 is 9.47 Å². The van der Waals surface area contributed by atoms with E-state index in [1.54, 1.807) is 26.4 Å². The Kier molecular flexibility index (Phi) is 2.21. The van der Waals surface area contributed by atoms with Crippen molar-refractivity contribution in [3.63, 3.8) is 0 Å². The highest BCUT2D eigenvalue weighted by molar-refractivity contribution is 7.21. The number of rotatable bonds is 2. The molecule has 0 spiro atoms. The maximum Gasteiger partial charge on any atom is 0.217 e. The molecule has 0 bridgehead atoms. The number of thiophene rings is 1. The number of fused-ring (bicyclic) bond motifs is 1. The first-order chi connectivity index (χ1) is 6.76. The topological polar surface area (TPSA) is 38.7 Å². The predicted molar refractivity (Wildman–Crippen MR) is 56.6 cm³/mol. The van der Waals surface area contributed by atoms with E-state index in [-0.39, 0.29) is 5.75 Å². The molecule has 1 aromatic heterocycles. The number of methoxy groups -OCH3 is 2. The third-order valence-corrected chi connectivity index (χ3v) is 3.08. The molecular formula is C10H10O3S. The number of hydrogen-bond acceptors (Lipinski definition) is 4. The fraction of sp³-hybridized carbons (Fsp3) is 0.200. The number of phenols is 1. The zero-order valence-electron chi connectivity index (χ0n) is 7.90. The Morgan fingerprint density at radius 2 is 2.00 bits per heavy atom. The monoisotopic (exact) mass is 210 g/mol. The molecule has 4 heteroatoms. The molecule has 1 aromatic carbocycles. The van der Waals surface area contributed by atoms with Crippen molar-refractivity contribution in [2.24, 2.45) is 0 Å². The smallest absolute Gasteiger partial charge is 0.217 e. The minimum absolute atomic E-state index is 0.254. The van der Waals surface area contributed by atoms with Crippen molar-refractivity contribution >= 4 is 21.4 Å². The summed E-state index contributed by atoms with van der Waals surface area (Å²) in [5.41, 5.74) is 0. The van der Waals surface area contributed by atoms with Crippen molar-refractivity contribution < 1.29 is 14.6 Å². The van der Waals surface area contributed by atoms with Gasteiger partial charge in [-0.2, -0.15) is 0 Å². The van der Waals surface area contributed by atoms with Crippen LogP contribution in [-0.2, 0) is 0 Å². The standard InChI is InChI=1S/C10H10O3S/c1-12-9-7-4-3-6(11)5-8(7)14-10(9)13-2/h3-5,11H,1-2H3. The van der Waals surface area contributed by atoms with Crippen LogP contribution in [0, 0.1) is 0 Å². The summed E-state index contributed by atoms with van der Waals surface area (Å²) in [4.78, 5) is 0. The van der Waals surface area contributed by atoms with Gasteiger partial charge in [-0.25, -0.2) is 0 Å². The lowest BCUT2D eigenvalue weighted by molar-refractivity contribution is 0.367. The van der Waals surface area contributed by atoms with E-state index in [0.717, 1.165) is 20.9 Å². The molecule has 0 aliphatic rings. The van der Waals surface area contributed by atoms with Crippen LogP contribution in [0.5, 0.6) is 16.6 Å². The van der Waals surface area contributed by atoms with Crippen LogP contribution in [0.4, 0.5) is 0 Å². The van der Waals surface area contributed by atoms with Gasteiger partial charge in [0.25, 0.3) is 0 Å². The molecule has 0 atom stereocenters. The van der Waals surface area contributed by atoms with Gasteiger partial charge in [0, 0.05) is 10.1 Å². The molecule has 0 unspecified atom stereocenters. The van der Waals surface area contributed by atoms with Crippen molar-refractivity contribution in [3.05, 3.63) is 18.2 Å². The van der Waals surface area contributed by atoms with Crippen LogP contribution in [-0.4, -0.2) is 19.3 Å². The molecule has 0 radical (unpaired) electrons. The molecule has 0 aliphatic heterocycles. The molecule has 0 amide bonds. The Morgan fingerprint density at radius 3 is 2.64 bits per heavy atom. The van der Waals surface area contributed by atoms with Crippen LogP contribution in [0.2, 0.25) is 0 Å². The number of aromatic hydroxyl groups is 1. The van der Waals surface area contributed by atoms with E-state index in [0.29, 0.717) is 0 Å². The quantitative estimate of drug-likeness (QED) is 0.828. The van der Waals surface area contributed by atoms with Gasteiger partial charge < -0.3 is 14.6 Å². The van der Waals surface area contributed by atoms with E-state index < -0.39 is 0 Å². The molecule has 1 N–H and O–H groups in total. The van der Waals surface area contributed by atoms with E-state index >= 15 is 0 Å². The molecule has 14 heavy (non-hydrogen) atoms. The molecule has 3 nitrogen and oxygen atoms in total. The maximum absolute atomic E-state index is 9.30. The Balaban J connectivity index is 2.73. The molecular weight excluding hydrogens is 200 g/mol. The minimum atomic E-state index is 0.254. The summed E-state index contributed by atoms with van der Waals surface area (Å²) < 4.78 is 11.4. The third kappa shape index (κ3) is 1.28. The zero-order valence-corrected chi connectivity index (χ0v) is 8.72. The lowest BCUT2D eigenvalue weighted by Crippen LogP contribution is -1.84. The first-order valence-electron chi connectivity index (χ1n) is 4.09. The lowest BCUT2D eigenvalue weighted by Gasteiger charge is -2.00. The van der Waals surface area contributed by atoms with Gasteiger partial charge in [0.15, 0.2) is 5.75 Å². The summed E-state index contributed by atoms with van der Waals surface area (Å²) in [6, 6.07) is 5.16. The van der Waals surface area contributed by atoms with E-state index in [1.807, 2.05) is 6.07 Å². The second-order valence-corrected chi connectivity index (χ2v) is 3.82. The Bertz CT molecular complexity index is 462. The van der Waals surface area contributed by atoms with Crippen LogP contribution >= 0.6 is 11.3 Å². The summed E-state index contributed by atoms with van der Waals surface area (Å²) >= 11 is 1.46. The van der Waals surface area contributed by atoms with Crippen molar-refractivity contribution in [2.45, 2.75) is 0 Å². The first-order valence-corrected chi connectivity index (χ1v) is 4.91. The first kappa shape index (κ1) is 9.15. The van der Waals surface area contributed by atoms with Gasteiger partial charge in [-0.15, -0.1) is 0 Å². The van der Waals surface area contributed by atoms with Gasteiger partial charge in [0.05, 0.1) is 14.2 Å². The van der Waals surface area contributed by atoms with Crippen LogP contribution in [0.15, 0.2) is 18.2 Å². The van der Waals surface area contributed by atoms with Crippen LogP contribution in [0.25, 0.3) is 10.1 Å². The van der Waals surface area contributed by atoms with Crippen molar-refractivity contribution in [1.29, 1.82) is 0 Å². The highest BCUT2D eigenvalue weighted by Gasteiger charge is 2.13. The Labute approximate surface area is 85.5 Å². The molecule has 0 fully saturated rings. The van der Waals surface area contributed by atoms with E-state index in [4.69, 9.17) is 9.47 Å².